The molecule has 0 bridgehead atoms. The summed E-state index contributed by atoms with van der Waals surface area (Å²) in [5.41, 5.74) is 1.82. The average Bonchev–Trinajstić information content (AvgIpc) is 3.29. The van der Waals surface area contributed by atoms with E-state index in [0.717, 1.165) is 23.2 Å². The minimum atomic E-state index is -0.905. The van der Waals surface area contributed by atoms with Crippen LogP contribution in [0, 0.1) is 19.7 Å². The SMILES string of the molecule is COc1ccc(C(=O)OCC(=O)c2cc(C)n(Cc3ccco3)c2C)c(F)c1. The van der Waals surface area contributed by atoms with Crippen molar-refractivity contribution in [3.8, 4) is 5.75 Å². The molecule has 6 nitrogen and oxygen atoms in total. The number of aromatic nitrogens is 1. The molecule has 28 heavy (non-hydrogen) atoms. The molecule has 0 fully saturated rings. The number of hydrogen-bond donors (Lipinski definition) is 0. The zero-order valence-electron chi connectivity index (χ0n) is 15.8. The van der Waals surface area contributed by atoms with Gasteiger partial charge in [0.15, 0.2) is 6.61 Å². The highest BCUT2D eigenvalue weighted by Crippen LogP contribution is 2.20. The Hall–Kier alpha value is -3.35. The number of nitrogens with zero attached hydrogens (tertiary/aromatic N) is 1. The molecule has 0 radical (unpaired) electrons. The maximum absolute atomic E-state index is 14.0. The first-order chi connectivity index (χ1) is 13.4. The molecule has 0 aliphatic rings. The number of Topliss-reactive ketones (excluding diaryl/α,β-unsaturated/α-hetero) is 1. The molecule has 0 N–H and O–H groups in total. The molecular formula is C21H20FNO5. The Morgan fingerprint density at radius 1 is 1.14 bits per heavy atom. The number of hydrogen-bond acceptors (Lipinski definition) is 5. The molecule has 2 heterocycles. The van der Waals surface area contributed by atoms with Crippen molar-refractivity contribution >= 4 is 11.8 Å². The van der Waals surface area contributed by atoms with Crippen LogP contribution >= 0.6 is 0 Å². The van der Waals surface area contributed by atoms with Crippen molar-refractivity contribution in [3.05, 3.63) is 76.8 Å². The lowest BCUT2D eigenvalue weighted by molar-refractivity contribution is 0.0470. The van der Waals surface area contributed by atoms with Crippen LogP contribution in [0.2, 0.25) is 0 Å². The smallest absolute Gasteiger partial charge is 0.341 e. The number of aryl methyl sites for hydroxylation is 1. The van der Waals surface area contributed by atoms with Gasteiger partial charge in [0.2, 0.25) is 5.78 Å². The fourth-order valence-corrected chi connectivity index (χ4v) is 2.96. The van der Waals surface area contributed by atoms with Crippen molar-refractivity contribution in [2.75, 3.05) is 13.7 Å². The van der Waals surface area contributed by atoms with Crippen LogP contribution in [0.1, 0.15) is 37.9 Å². The summed E-state index contributed by atoms with van der Waals surface area (Å²) in [6.07, 6.45) is 1.59. The van der Waals surface area contributed by atoms with Crippen LogP contribution in [0.25, 0.3) is 0 Å². The molecule has 1 aromatic carbocycles. The normalized spacial score (nSPS) is 10.7. The van der Waals surface area contributed by atoms with Crippen LogP contribution in [0.4, 0.5) is 4.39 Å². The molecule has 0 unspecified atom stereocenters. The molecule has 146 valence electrons. The Bertz CT molecular complexity index is 1000. The van der Waals surface area contributed by atoms with Gasteiger partial charge in [0.05, 0.1) is 25.5 Å². The second kappa shape index (κ2) is 8.12. The molecule has 0 saturated heterocycles. The largest absolute Gasteiger partial charge is 0.497 e. The van der Waals surface area contributed by atoms with Crippen molar-refractivity contribution in [1.29, 1.82) is 0 Å². The van der Waals surface area contributed by atoms with Gasteiger partial charge in [-0.3, -0.25) is 4.79 Å². The van der Waals surface area contributed by atoms with Crippen molar-refractivity contribution in [3.63, 3.8) is 0 Å². The fraction of sp³-hybridized carbons (Fsp3) is 0.238. The number of methoxy groups -OCH3 is 1. The molecule has 7 heteroatoms. The van der Waals surface area contributed by atoms with E-state index in [9.17, 15) is 14.0 Å². The number of furan rings is 1. The Labute approximate surface area is 161 Å². The van der Waals surface area contributed by atoms with Gasteiger partial charge < -0.3 is 18.5 Å². The second-order valence-corrected chi connectivity index (χ2v) is 6.30. The van der Waals surface area contributed by atoms with E-state index in [2.05, 4.69) is 0 Å². The lowest BCUT2D eigenvalue weighted by Crippen LogP contribution is -2.16. The quantitative estimate of drug-likeness (QED) is 0.455. The molecule has 0 spiro atoms. The lowest BCUT2D eigenvalue weighted by atomic mass is 10.1. The highest BCUT2D eigenvalue weighted by molar-refractivity contribution is 6.00. The molecule has 0 aliphatic heterocycles. The molecular weight excluding hydrogens is 365 g/mol. The van der Waals surface area contributed by atoms with E-state index in [1.807, 2.05) is 24.5 Å². The fourth-order valence-electron chi connectivity index (χ4n) is 2.96. The average molecular weight is 385 g/mol. The first-order valence-electron chi connectivity index (χ1n) is 8.63. The predicted octanol–water partition coefficient (Wildman–Crippen LogP) is 3.93. The number of ketones is 1. The second-order valence-electron chi connectivity index (χ2n) is 6.30. The molecule has 0 saturated carbocycles. The summed E-state index contributed by atoms with van der Waals surface area (Å²) in [5.74, 6) is -0.983. The van der Waals surface area contributed by atoms with Gasteiger partial charge in [0.25, 0.3) is 0 Å². The van der Waals surface area contributed by atoms with Gasteiger partial charge in [0.1, 0.15) is 17.3 Å². The van der Waals surface area contributed by atoms with E-state index >= 15 is 0 Å². The third kappa shape index (κ3) is 3.98. The van der Waals surface area contributed by atoms with Crippen LogP contribution in [0.3, 0.4) is 0 Å². The minimum absolute atomic E-state index is 0.253. The summed E-state index contributed by atoms with van der Waals surface area (Å²) in [6.45, 7) is 3.71. The molecule has 0 atom stereocenters. The van der Waals surface area contributed by atoms with Crippen LogP contribution in [0.15, 0.2) is 47.1 Å². The minimum Gasteiger partial charge on any atom is -0.497 e. The predicted molar refractivity (Wildman–Crippen MR) is 99.3 cm³/mol. The molecule has 2 aromatic heterocycles. The van der Waals surface area contributed by atoms with Crippen LogP contribution in [-0.2, 0) is 11.3 Å². The zero-order chi connectivity index (χ0) is 20.3. The van der Waals surface area contributed by atoms with E-state index < -0.39 is 18.4 Å². The van der Waals surface area contributed by atoms with Gasteiger partial charge in [0, 0.05) is 23.0 Å². The van der Waals surface area contributed by atoms with Crippen LogP contribution in [0.5, 0.6) is 5.75 Å². The van der Waals surface area contributed by atoms with E-state index in [0.29, 0.717) is 12.1 Å². The van der Waals surface area contributed by atoms with Gasteiger partial charge in [-0.15, -0.1) is 0 Å². The Kier molecular flexibility index (Phi) is 5.63. The van der Waals surface area contributed by atoms with Gasteiger partial charge in [-0.05, 0) is 44.2 Å². The maximum atomic E-state index is 14.0. The lowest BCUT2D eigenvalue weighted by Gasteiger charge is -2.08. The van der Waals surface area contributed by atoms with Gasteiger partial charge in [-0.25, -0.2) is 9.18 Å². The number of carbonyl (C=O) groups is 2. The van der Waals surface area contributed by atoms with E-state index in [1.165, 1.54) is 19.2 Å². The van der Waals surface area contributed by atoms with Gasteiger partial charge >= 0.3 is 5.97 Å². The Morgan fingerprint density at radius 2 is 1.93 bits per heavy atom. The van der Waals surface area contributed by atoms with Gasteiger partial charge in [-0.2, -0.15) is 0 Å². The number of carbonyl (C=O) groups excluding carboxylic acids is 2. The van der Waals surface area contributed by atoms with Crippen molar-refractivity contribution in [2.24, 2.45) is 0 Å². The summed E-state index contributed by atoms with van der Waals surface area (Å²) in [5, 5.41) is 0. The molecule has 0 amide bonds. The Morgan fingerprint density at radius 3 is 2.57 bits per heavy atom. The number of benzene rings is 1. The van der Waals surface area contributed by atoms with Crippen molar-refractivity contribution < 1.29 is 27.9 Å². The summed E-state index contributed by atoms with van der Waals surface area (Å²) < 4.78 is 31.2. The first kappa shape index (κ1) is 19.4. The summed E-state index contributed by atoms with van der Waals surface area (Å²) in [7, 11) is 1.40. The highest BCUT2D eigenvalue weighted by atomic mass is 19.1. The third-order valence-electron chi connectivity index (χ3n) is 4.50. The summed E-state index contributed by atoms with van der Waals surface area (Å²) in [6, 6.07) is 9.18. The zero-order valence-corrected chi connectivity index (χ0v) is 15.8. The topological polar surface area (TPSA) is 70.7 Å². The third-order valence-corrected chi connectivity index (χ3v) is 4.50. The van der Waals surface area contributed by atoms with Gasteiger partial charge in [-0.1, -0.05) is 0 Å². The highest BCUT2D eigenvalue weighted by Gasteiger charge is 2.20. The van der Waals surface area contributed by atoms with E-state index in [-0.39, 0.29) is 17.1 Å². The van der Waals surface area contributed by atoms with Crippen molar-refractivity contribution in [2.45, 2.75) is 20.4 Å². The molecule has 3 aromatic rings. The number of esters is 1. The maximum Gasteiger partial charge on any atom is 0.341 e. The number of halogens is 1. The monoisotopic (exact) mass is 385 g/mol. The summed E-state index contributed by atoms with van der Waals surface area (Å²) in [4.78, 5) is 24.6. The molecule has 3 rings (SSSR count). The Balaban J connectivity index is 1.69. The standard InChI is InChI=1S/C21H20FNO5/c1-13-9-18(14(2)23(13)11-16-5-4-8-27-16)20(24)12-28-21(25)17-7-6-15(26-3)10-19(17)22/h4-10H,11-12H2,1-3H3. The van der Waals surface area contributed by atoms with Crippen LogP contribution < -0.4 is 4.74 Å². The van der Waals surface area contributed by atoms with E-state index in [1.54, 1.807) is 18.4 Å². The number of ether oxygens (including phenoxy) is 2. The molecule has 0 aliphatic carbocycles. The van der Waals surface area contributed by atoms with Crippen molar-refractivity contribution in [1.82, 2.24) is 4.57 Å². The first-order valence-corrected chi connectivity index (χ1v) is 8.63. The van der Waals surface area contributed by atoms with Crippen LogP contribution in [-0.4, -0.2) is 30.0 Å². The summed E-state index contributed by atoms with van der Waals surface area (Å²) >= 11 is 0. The van der Waals surface area contributed by atoms with E-state index in [4.69, 9.17) is 13.9 Å². The number of rotatable bonds is 7.